The highest BCUT2D eigenvalue weighted by atomic mass is 16.5. The summed E-state index contributed by atoms with van der Waals surface area (Å²) in [5.74, 6) is 0.624. The third-order valence-electron chi connectivity index (χ3n) is 3.40. The van der Waals surface area contributed by atoms with Gasteiger partial charge < -0.3 is 15.4 Å². The van der Waals surface area contributed by atoms with Gasteiger partial charge in [0, 0.05) is 6.54 Å². The first-order chi connectivity index (χ1) is 7.95. The van der Waals surface area contributed by atoms with E-state index in [4.69, 9.17) is 5.73 Å². The highest BCUT2D eigenvalue weighted by Gasteiger charge is 2.28. The lowest BCUT2D eigenvalue weighted by atomic mass is 9.96. The van der Waals surface area contributed by atoms with Crippen molar-refractivity contribution in [1.29, 1.82) is 0 Å². The van der Waals surface area contributed by atoms with Crippen LogP contribution in [0.1, 0.15) is 39.0 Å². The van der Waals surface area contributed by atoms with E-state index in [-0.39, 0.29) is 5.97 Å². The Morgan fingerprint density at radius 1 is 1.47 bits per heavy atom. The molecule has 1 saturated carbocycles. The second kappa shape index (κ2) is 6.36. The molecule has 1 atom stereocenters. The van der Waals surface area contributed by atoms with Crippen LogP contribution in [0.25, 0.3) is 0 Å². The molecule has 1 rings (SSSR count). The van der Waals surface area contributed by atoms with Crippen LogP contribution < -0.4 is 5.73 Å². The van der Waals surface area contributed by atoms with Crippen LogP contribution in [0.4, 0.5) is 0 Å². The number of esters is 1. The average Bonchev–Trinajstić information content (AvgIpc) is 3.07. The number of nitrogens with two attached hydrogens (primary N) is 1. The number of ether oxygens (including phenoxy) is 1. The van der Waals surface area contributed by atoms with Crippen molar-refractivity contribution < 1.29 is 9.53 Å². The molecule has 0 saturated heterocycles. The molecule has 0 heterocycles. The molecular weight excluding hydrogens is 216 g/mol. The van der Waals surface area contributed by atoms with E-state index in [0.29, 0.717) is 6.42 Å². The summed E-state index contributed by atoms with van der Waals surface area (Å²) >= 11 is 0. The van der Waals surface area contributed by atoms with Gasteiger partial charge in [-0.1, -0.05) is 0 Å². The van der Waals surface area contributed by atoms with Gasteiger partial charge in [-0.25, -0.2) is 0 Å². The first-order valence-electron chi connectivity index (χ1n) is 6.51. The maximum atomic E-state index is 11.4. The molecule has 1 fully saturated rings. The average molecular weight is 242 g/mol. The Kier molecular flexibility index (Phi) is 5.40. The standard InChI is InChI=1S/C13H26N2O2/c1-13(14,12(16)17-3)8-4-5-9-15(2)10-11-6-7-11/h11H,4-10,14H2,1-3H3. The summed E-state index contributed by atoms with van der Waals surface area (Å²) in [4.78, 5) is 13.7. The molecule has 0 aromatic carbocycles. The summed E-state index contributed by atoms with van der Waals surface area (Å²) in [5.41, 5.74) is 5.06. The van der Waals surface area contributed by atoms with E-state index in [1.54, 1.807) is 6.92 Å². The molecule has 0 spiro atoms. The van der Waals surface area contributed by atoms with E-state index in [2.05, 4.69) is 16.7 Å². The lowest BCUT2D eigenvalue weighted by Crippen LogP contribution is -2.45. The fourth-order valence-corrected chi connectivity index (χ4v) is 2.04. The molecule has 1 aliphatic rings. The van der Waals surface area contributed by atoms with Crippen LogP contribution in [0.15, 0.2) is 0 Å². The van der Waals surface area contributed by atoms with E-state index in [1.165, 1.54) is 26.5 Å². The maximum absolute atomic E-state index is 11.4. The second-order valence-corrected chi connectivity index (χ2v) is 5.57. The molecule has 0 radical (unpaired) electrons. The molecular formula is C13H26N2O2. The summed E-state index contributed by atoms with van der Waals surface area (Å²) in [6.45, 7) is 4.05. The number of hydrogen-bond donors (Lipinski definition) is 1. The van der Waals surface area contributed by atoms with Crippen LogP contribution in [0.2, 0.25) is 0 Å². The highest BCUT2D eigenvalue weighted by Crippen LogP contribution is 2.29. The number of nitrogens with zero attached hydrogens (tertiary/aromatic N) is 1. The summed E-state index contributed by atoms with van der Waals surface area (Å²) in [6, 6.07) is 0. The zero-order valence-corrected chi connectivity index (χ0v) is 11.4. The molecule has 4 nitrogen and oxygen atoms in total. The number of rotatable bonds is 8. The van der Waals surface area contributed by atoms with Gasteiger partial charge >= 0.3 is 5.97 Å². The fraction of sp³-hybridized carbons (Fsp3) is 0.923. The summed E-state index contributed by atoms with van der Waals surface area (Å²) in [6.07, 6.45) is 5.54. The van der Waals surface area contributed by atoms with Crippen molar-refractivity contribution in [3.63, 3.8) is 0 Å². The van der Waals surface area contributed by atoms with Gasteiger partial charge in [0.25, 0.3) is 0 Å². The Balaban J connectivity index is 2.07. The van der Waals surface area contributed by atoms with Gasteiger partial charge in [0.15, 0.2) is 0 Å². The number of carbonyl (C=O) groups is 1. The van der Waals surface area contributed by atoms with Crippen molar-refractivity contribution in [2.75, 3.05) is 27.2 Å². The van der Waals surface area contributed by atoms with Gasteiger partial charge in [-0.15, -0.1) is 0 Å². The van der Waals surface area contributed by atoms with Gasteiger partial charge in [0.2, 0.25) is 0 Å². The monoisotopic (exact) mass is 242 g/mol. The molecule has 1 unspecified atom stereocenters. The van der Waals surface area contributed by atoms with E-state index >= 15 is 0 Å². The summed E-state index contributed by atoms with van der Waals surface area (Å²) in [7, 11) is 3.55. The van der Waals surface area contributed by atoms with Crippen LogP contribution in [-0.2, 0) is 9.53 Å². The van der Waals surface area contributed by atoms with Crippen molar-refractivity contribution in [2.45, 2.75) is 44.6 Å². The quantitative estimate of drug-likeness (QED) is 0.516. The first kappa shape index (κ1) is 14.5. The Hall–Kier alpha value is -0.610. The molecule has 0 bridgehead atoms. The van der Waals surface area contributed by atoms with Crippen LogP contribution in [0, 0.1) is 5.92 Å². The maximum Gasteiger partial charge on any atom is 0.325 e. The lowest BCUT2D eigenvalue weighted by molar-refractivity contribution is -0.146. The number of unbranched alkanes of at least 4 members (excludes halogenated alkanes) is 1. The highest BCUT2D eigenvalue weighted by molar-refractivity contribution is 5.79. The zero-order valence-electron chi connectivity index (χ0n) is 11.4. The molecule has 1 aliphatic carbocycles. The molecule has 100 valence electrons. The van der Waals surface area contributed by atoms with Crippen LogP contribution in [-0.4, -0.2) is 43.7 Å². The minimum Gasteiger partial charge on any atom is -0.468 e. The van der Waals surface area contributed by atoms with Crippen molar-refractivity contribution in [3.05, 3.63) is 0 Å². The lowest BCUT2D eigenvalue weighted by Gasteiger charge is -2.22. The van der Waals surface area contributed by atoms with Crippen molar-refractivity contribution in [2.24, 2.45) is 11.7 Å². The molecule has 0 aromatic rings. The topological polar surface area (TPSA) is 55.6 Å². The Labute approximate surface area is 104 Å². The van der Waals surface area contributed by atoms with Gasteiger partial charge in [0.05, 0.1) is 7.11 Å². The van der Waals surface area contributed by atoms with Crippen LogP contribution >= 0.6 is 0 Å². The summed E-state index contributed by atoms with van der Waals surface area (Å²) < 4.78 is 4.68. The summed E-state index contributed by atoms with van der Waals surface area (Å²) in [5, 5.41) is 0. The van der Waals surface area contributed by atoms with Gasteiger partial charge in [-0.2, -0.15) is 0 Å². The predicted molar refractivity (Wildman–Crippen MR) is 68.7 cm³/mol. The molecule has 0 aromatic heterocycles. The van der Waals surface area contributed by atoms with Gasteiger partial charge in [-0.05, 0) is 58.5 Å². The molecule has 4 heteroatoms. The first-order valence-corrected chi connectivity index (χ1v) is 6.51. The number of hydrogen-bond acceptors (Lipinski definition) is 4. The normalized spacial score (nSPS) is 19.1. The third-order valence-corrected chi connectivity index (χ3v) is 3.40. The Bertz CT molecular complexity index is 250. The van der Waals surface area contributed by atoms with Gasteiger partial charge in [-0.3, -0.25) is 4.79 Å². The predicted octanol–water partition coefficient (Wildman–Crippen LogP) is 1.39. The molecule has 0 aliphatic heterocycles. The largest absolute Gasteiger partial charge is 0.468 e. The van der Waals surface area contributed by atoms with Crippen LogP contribution in [0.3, 0.4) is 0 Å². The van der Waals surface area contributed by atoms with Crippen molar-refractivity contribution in [3.8, 4) is 0 Å². The zero-order chi connectivity index (χ0) is 12.9. The van der Waals surface area contributed by atoms with E-state index in [1.807, 2.05) is 0 Å². The van der Waals surface area contributed by atoms with E-state index in [0.717, 1.165) is 25.3 Å². The number of carbonyl (C=O) groups excluding carboxylic acids is 1. The van der Waals surface area contributed by atoms with E-state index in [9.17, 15) is 4.79 Å². The number of methoxy groups -OCH3 is 1. The van der Waals surface area contributed by atoms with E-state index < -0.39 is 5.54 Å². The second-order valence-electron chi connectivity index (χ2n) is 5.57. The van der Waals surface area contributed by atoms with Crippen LogP contribution in [0.5, 0.6) is 0 Å². The molecule has 0 amide bonds. The third kappa shape index (κ3) is 5.50. The Morgan fingerprint density at radius 2 is 2.12 bits per heavy atom. The van der Waals surface area contributed by atoms with Crippen molar-refractivity contribution in [1.82, 2.24) is 4.90 Å². The smallest absolute Gasteiger partial charge is 0.325 e. The molecule has 2 N–H and O–H groups in total. The SMILES string of the molecule is COC(=O)C(C)(N)CCCCN(C)CC1CC1. The molecule has 17 heavy (non-hydrogen) atoms. The van der Waals surface area contributed by atoms with Crippen molar-refractivity contribution >= 4 is 5.97 Å². The minimum absolute atomic E-state index is 0.316. The minimum atomic E-state index is -0.830. The Morgan fingerprint density at radius 3 is 2.65 bits per heavy atom. The fourth-order valence-electron chi connectivity index (χ4n) is 2.04. The van der Waals surface area contributed by atoms with Gasteiger partial charge in [0.1, 0.15) is 5.54 Å².